The largest absolute Gasteiger partial charge is 0.458 e. The molecule has 0 unspecified atom stereocenters. The van der Waals surface area contributed by atoms with Crippen LogP contribution in [0.25, 0.3) is 0 Å². The Morgan fingerprint density at radius 1 is 1.35 bits per heavy atom. The molecule has 0 saturated carbocycles. The molecule has 1 aromatic rings. The van der Waals surface area contributed by atoms with Crippen molar-refractivity contribution < 1.29 is 22.7 Å². The summed E-state index contributed by atoms with van der Waals surface area (Å²) in [4.78, 5) is 12.2. The van der Waals surface area contributed by atoms with Crippen molar-refractivity contribution in [1.82, 2.24) is 4.31 Å². The average Bonchev–Trinajstić information content (AvgIpc) is 2.53. The molecule has 0 aliphatic carbocycles. The Labute approximate surface area is 136 Å². The number of hydrogen-bond acceptors (Lipinski definition) is 5. The minimum atomic E-state index is -3.65. The fourth-order valence-corrected chi connectivity index (χ4v) is 3.86. The minimum absolute atomic E-state index is 0.109. The van der Waals surface area contributed by atoms with E-state index in [9.17, 15) is 13.2 Å². The summed E-state index contributed by atoms with van der Waals surface area (Å²) in [5.74, 6) is -0.563. The minimum Gasteiger partial charge on any atom is -0.458 e. The van der Waals surface area contributed by atoms with Gasteiger partial charge in [-0.2, -0.15) is 4.31 Å². The molecular weight excluding hydrogens is 318 g/mol. The van der Waals surface area contributed by atoms with Crippen LogP contribution < -0.4 is 0 Å². The Balaban J connectivity index is 2.29. The van der Waals surface area contributed by atoms with E-state index in [0.29, 0.717) is 37.4 Å². The van der Waals surface area contributed by atoms with E-state index < -0.39 is 16.0 Å². The van der Waals surface area contributed by atoms with Gasteiger partial charge in [0.2, 0.25) is 10.0 Å². The Morgan fingerprint density at radius 2 is 2.00 bits per heavy atom. The monoisotopic (exact) mass is 339 g/mol. The maximum absolute atomic E-state index is 12.8. The van der Waals surface area contributed by atoms with Crippen molar-refractivity contribution >= 4 is 16.0 Å². The van der Waals surface area contributed by atoms with E-state index in [2.05, 4.69) is 6.58 Å². The molecule has 1 heterocycles. The second-order valence-electron chi connectivity index (χ2n) is 5.53. The molecule has 0 atom stereocenters. The van der Waals surface area contributed by atoms with Gasteiger partial charge in [0, 0.05) is 13.1 Å². The van der Waals surface area contributed by atoms with Crippen molar-refractivity contribution in [3.8, 4) is 0 Å². The molecule has 23 heavy (non-hydrogen) atoms. The lowest BCUT2D eigenvalue weighted by atomic mass is 10.1. The highest BCUT2D eigenvalue weighted by molar-refractivity contribution is 7.89. The Hall–Kier alpha value is -1.70. The molecule has 1 aromatic carbocycles. The van der Waals surface area contributed by atoms with Crippen molar-refractivity contribution in [3.05, 3.63) is 41.5 Å². The van der Waals surface area contributed by atoms with Crippen molar-refractivity contribution in [2.45, 2.75) is 18.7 Å². The number of carbonyl (C=O) groups excluding carboxylic acids is 1. The molecule has 1 aliphatic heterocycles. The van der Waals surface area contributed by atoms with E-state index in [1.807, 2.05) is 0 Å². The molecule has 0 N–H and O–H groups in total. The number of hydrogen-bond donors (Lipinski definition) is 0. The SMILES string of the molecule is C=C(C)COC(=O)c1ccc(C)c(S(=O)(=O)N2CCOCC2)c1. The number of sulfonamides is 1. The van der Waals surface area contributed by atoms with Crippen LogP contribution in [-0.4, -0.2) is 51.6 Å². The molecule has 0 amide bonds. The topological polar surface area (TPSA) is 72.9 Å². The van der Waals surface area contributed by atoms with Crippen LogP contribution in [0.5, 0.6) is 0 Å². The molecular formula is C16H21NO5S. The summed E-state index contributed by atoms with van der Waals surface area (Å²) in [6, 6.07) is 4.56. The summed E-state index contributed by atoms with van der Waals surface area (Å²) in [6.07, 6.45) is 0. The molecule has 126 valence electrons. The molecule has 6 nitrogen and oxygen atoms in total. The van der Waals surface area contributed by atoms with Gasteiger partial charge in [-0.05, 0) is 37.1 Å². The Bertz CT molecular complexity index is 705. The molecule has 0 spiro atoms. The maximum Gasteiger partial charge on any atom is 0.338 e. The van der Waals surface area contributed by atoms with Gasteiger partial charge in [-0.1, -0.05) is 12.6 Å². The van der Waals surface area contributed by atoms with Crippen molar-refractivity contribution in [1.29, 1.82) is 0 Å². The van der Waals surface area contributed by atoms with Crippen LogP contribution in [0.2, 0.25) is 0 Å². The normalized spacial score (nSPS) is 16.1. The van der Waals surface area contributed by atoms with Crippen LogP contribution in [0.15, 0.2) is 35.2 Å². The second-order valence-corrected chi connectivity index (χ2v) is 7.44. The van der Waals surface area contributed by atoms with Crippen LogP contribution in [0.3, 0.4) is 0 Å². The van der Waals surface area contributed by atoms with E-state index in [4.69, 9.17) is 9.47 Å². The Kier molecular flexibility index (Phi) is 5.56. The summed E-state index contributed by atoms with van der Waals surface area (Å²) >= 11 is 0. The zero-order valence-corrected chi connectivity index (χ0v) is 14.2. The first kappa shape index (κ1) is 17.7. The third-order valence-electron chi connectivity index (χ3n) is 3.46. The third-order valence-corrected chi connectivity index (χ3v) is 5.50. The number of nitrogens with zero attached hydrogens (tertiary/aromatic N) is 1. The van der Waals surface area contributed by atoms with Gasteiger partial charge in [0.05, 0.1) is 23.7 Å². The molecule has 0 aromatic heterocycles. The summed E-state index contributed by atoms with van der Waals surface area (Å²) in [7, 11) is -3.65. The van der Waals surface area contributed by atoms with Gasteiger partial charge >= 0.3 is 5.97 Å². The van der Waals surface area contributed by atoms with E-state index in [0.717, 1.165) is 0 Å². The number of rotatable bonds is 5. The van der Waals surface area contributed by atoms with Gasteiger partial charge in [-0.15, -0.1) is 0 Å². The summed E-state index contributed by atoms with van der Waals surface area (Å²) in [5.41, 5.74) is 1.52. The quantitative estimate of drug-likeness (QED) is 0.604. The van der Waals surface area contributed by atoms with E-state index >= 15 is 0 Å². The number of aryl methyl sites for hydroxylation is 1. The number of ether oxygens (including phenoxy) is 2. The molecule has 1 saturated heterocycles. The molecule has 2 rings (SSSR count). The predicted octanol–water partition coefficient (Wildman–Crippen LogP) is 1.75. The van der Waals surface area contributed by atoms with Crippen LogP contribution in [-0.2, 0) is 19.5 Å². The number of esters is 1. The van der Waals surface area contributed by atoms with Crippen LogP contribution in [0.4, 0.5) is 0 Å². The average molecular weight is 339 g/mol. The first-order valence-electron chi connectivity index (χ1n) is 7.32. The highest BCUT2D eigenvalue weighted by atomic mass is 32.2. The number of benzene rings is 1. The van der Waals surface area contributed by atoms with E-state index in [1.165, 1.54) is 10.4 Å². The summed E-state index contributed by atoms with van der Waals surface area (Å²) < 4.78 is 37.1. The van der Waals surface area contributed by atoms with E-state index in [-0.39, 0.29) is 17.1 Å². The maximum atomic E-state index is 12.8. The molecule has 0 radical (unpaired) electrons. The highest BCUT2D eigenvalue weighted by Crippen LogP contribution is 2.22. The predicted molar refractivity (Wildman–Crippen MR) is 85.9 cm³/mol. The molecule has 0 bridgehead atoms. The smallest absolute Gasteiger partial charge is 0.338 e. The van der Waals surface area contributed by atoms with Gasteiger partial charge in [0.1, 0.15) is 6.61 Å². The zero-order valence-electron chi connectivity index (χ0n) is 13.4. The van der Waals surface area contributed by atoms with Gasteiger partial charge in [-0.25, -0.2) is 13.2 Å². The first-order valence-corrected chi connectivity index (χ1v) is 8.76. The molecule has 1 fully saturated rings. The van der Waals surface area contributed by atoms with Crippen molar-refractivity contribution in [3.63, 3.8) is 0 Å². The van der Waals surface area contributed by atoms with Gasteiger partial charge in [0.25, 0.3) is 0 Å². The lowest BCUT2D eigenvalue weighted by Gasteiger charge is -2.26. The van der Waals surface area contributed by atoms with Crippen molar-refractivity contribution in [2.24, 2.45) is 0 Å². The second kappa shape index (κ2) is 7.25. The van der Waals surface area contributed by atoms with Crippen LogP contribution in [0.1, 0.15) is 22.8 Å². The first-order chi connectivity index (χ1) is 10.8. The summed E-state index contributed by atoms with van der Waals surface area (Å²) in [5, 5.41) is 0. The van der Waals surface area contributed by atoms with Gasteiger partial charge < -0.3 is 9.47 Å². The fraction of sp³-hybridized carbons (Fsp3) is 0.438. The van der Waals surface area contributed by atoms with Crippen LogP contribution >= 0.6 is 0 Å². The number of morpholine rings is 1. The van der Waals surface area contributed by atoms with Crippen LogP contribution in [0, 0.1) is 6.92 Å². The lowest BCUT2D eigenvalue weighted by molar-refractivity contribution is 0.0540. The Morgan fingerprint density at radius 3 is 2.61 bits per heavy atom. The van der Waals surface area contributed by atoms with Gasteiger partial charge in [0.15, 0.2) is 0 Å². The van der Waals surface area contributed by atoms with Crippen molar-refractivity contribution in [2.75, 3.05) is 32.9 Å². The molecule has 7 heteroatoms. The van der Waals surface area contributed by atoms with E-state index in [1.54, 1.807) is 26.0 Å². The lowest BCUT2D eigenvalue weighted by Crippen LogP contribution is -2.40. The standard InChI is InChI=1S/C16H21NO5S/c1-12(2)11-22-16(18)14-5-4-13(3)15(10-14)23(19,20)17-6-8-21-9-7-17/h4-5,10H,1,6-9,11H2,2-3H3. The molecule has 1 aliphatic rings. The zero-order chi connectivity index (χ0) is 17.0. The number of carbonyl (C=O) groups is 1. The highest BCUT2D eigenvalue weighted by Gasteiger charge is 2.28. The summed E-state index contributed by atoms with van der Waals surface area (Å²) in [6.45, 7) is 8.59. The third kappa shape index (κ3) is 4.19. The fourth-order valence-electron chi connectivity index (χ4n) is 2.20. The van der Waals surface area contributed by atoms with Gasteiger partial charge in [-0.3, -0.25) is 0 Å².